The van der Waals surface area contributed by atoms with E-state index in [0.717, 1.165) is 29.0 Å². The Morgan fingerprint density at radius 1 is 1.12 bits per heavy atom. The number of rotatable bonds is 5. The second kappa shape index (κ2) is 7.67. The van der Waals surface area contributed by atoms with Crippen LogP contribution in [0.3, 0.4) is 0 Å². The van der Waals surface area contributed by atoms with E-state index in [4.69, 9.17) is 0 Å². The zero-order valence-electron chi connectivity index (χ0n) is 13.1. The SMILES string of the molecule is O=C(CSc1nc(O)cc(=O)[nH]1)Nc1ccccc1-c1ccccc1. The van der Waals surface area contributed by atoms with Crippen molar-refractivity contribution >= 4 is 23.4 Å². The maximum Gasteiger partial charge on any atom is 0.255 e. The average Bonchev–Trinajstić information content (AvgIpc) is 2.60. The van der Waals surface area contributed by atoms with Crippen LogP contribution >= 0.6 is 11.8 Å². The molecule has 0 fully saturated rings. The van der Waals surface area contributed by atoms with E-state index in [1.807, 2.05) is 54.6 Å². The van der Waals surface area contributed by atoms with Crippen molar-refractivity contribution in [1.82, 2.24) is 9.97 Å². The Morgan fingerprint density at radius 3 is 2.60 bits per heavy atom. The Balaban J connectivity index is 1.70. The number of aromatic nitrogens is 2. The van der Waals surface area contributed by atoms with Gasteiger partial charge in [-0.3, -0.25) is 9.59 Å². The number of amides is 1. The van der Waals surface area contributed by atoms with E-state index >= 15 is 0 Å². The van der Waals surface area contributed by atoms with Crippen LogP contribution < -0.4 is 10.9 Å². The first kappa shape index (κ1) is 16.8. The van der Waals surface area contributed by atoms with Crippen LogP contribution in [0.5, 0.6) is 5.88 Å². The minimum Gasteiger partial charge on any atom is -0.493 e. The van der Waals surface area contributed by atoms with Gasteiger partial charge in [0.05, 0.1) is 11.8 Å². The number of hydrogen-bond acceptors (Lipinski definition) is 5. The van der Waals surface area contributed by atoms with Crippen molar-refractivity contribution in [2.75, 3.05) is 11.1 Å². The minimum atomic E-state index is -0.468. The molecule has 126 valence electrons. The molecular weight excluding hydrogens is 338 g/mol. The van der Waals surface area contributed by atoms with Crippen LogP contribution in [0.25, 0.3) is 11.1 Å². The van der Waals surface area contributed by atoms with Gasteiger partial charge in [-0.05, 0) is 11.6 Å². The third-order valence-corrected chi connectivity index (χ3v) is 4.21. The molecule has 2 aromatic carbocycles. The lowest BCUT2D eigenvalue weighted by atomic mass is 10.0. The largest absolute Gasteiger partial charge is 0.493 e. The second-order valence-electron chi connectivity index (χ2n) is 5.16. The molecule has 0 spiro atoms. The molecule has 0 bridgehead atoms. The Kier molecular flexibility index (Phi) is 5.15. The van der Waals surface area contributed by atoms with Crippen molar-refractivity contribution < 1.29 is 9.90 Å². The number of carbonyl (C=O) groups excluding carboxylic acids is 1. The van der Waals surface area contributed by atoms with Crippen LogP contribution in [0.15, 0.2) is 70.6 Å². The number of benzene rings is 2. The Bertz CT molecular complexity index is 942. The third-order valence-electron chi connectivity index (χ3n) is 3.33. The number of hydrogen-bond donors (Lipinski definition) is 3. The Morgan fingerprint density at radius 2 is 1.84 bits per heavy atom. The van der Waals surface area contributed by atoms with Gasteiger partial charge < -0.3 is 15.4 Å². The molecule has 0 saturated heterocycles. The quantitative estimate of drug-likeness (QED) is 0.484. The summed E-state index contributed by atoms with van der Waals surface area (Å²) in [7, 11) is 0. The molecular formula is C18H15N3O3S. The fraction of sp³-hybridized carbons (Fsp3) is 0.0556. The number of aromatic amines is 1. The maximum atomic E-state index is 12.2. The number of H-pyrrole nitrogens is 1. The van der Waals surface area contributed by atoms with Crippen LogP contribution in [-0.4, -0.2) is 26.7 Å². The molecule has 0 aliphatic rings. The van der Waals surface area contributed by atoms with Crippen molar-refractivity contribution in [2.24, 2.45) is 0 Å². The van der Waals surface area contributed by atoms with E-state index in [1.165, 1.54) is 0 Å². The van der Waals surface area contributed by atoms with Gasteiger partial charge in [0, 0.05) is 11.3 Å². The summed E-state index contributed by atoms with van der Waals surface area (Å²) < 4.78 is 0. The highest BCUT2D eigenvalue weighted by Gasteiger charge is 2.10. The molecule has 3 aromatic rings. The number of nitrogens with zero attached hydrogens (tertiary/aromatic N) is 1. The smallest absolute Gasteiger partial charge is 0.255 e. The highest BCUT2D eigenvalue weighted by Crippen LogP contribution is 2.27. The molecule has 1 amide bonds. The van der Waals surface area contributed by atoms with E-state index in [1.54, 1.807) is 0 Å². The molecule has 1 heterocycles. The lowest BCUT2D eigenvalue weighted by Gasteiger charge is -2.11. The lowest BCUT2D eigenvalue weighted by Crippen LogP contribution is -2.15. The van der Waals surface area contributed by atoms with Crippen LogP contribution in [0.4, 0.5) is 5.69 Å². The molecule has 0 aliphatic heterocycles. The zero-order valence-corrected chi connectivity index (χ0v) is 13.9. The molecule has 6 nitrogen and oxygen atoms in total. The van der Waals surface area contributed by atoms with E-state index in [-0.39, 0.29) is 22.7 Å². The number of aromatic hydroxyl groups is 1. The van der Waals surface area contributed by atoms with Crippen molar-refractivity contribution in [1.29, 1.82) is 0 Å². The minimum absolute atomic E-state index is 0.0511. The Labute approximate surface area is 148 Å². The van der Waals surface area contributed by atoms with Crippen LogP contribution in [0.2, 0.25) is 0 Å². The van der Waals surface area contributed by atoms with Gasteiger partial charge in [-0.1, -0.05) is 60.3 Å². The van der Waals surface area contributed by atoms with Crippen molar-refractivity contribution in [3.05, 3.63) is 71.0 Å². The van der Waals surface area contributed by atoms with Crippen LogP contribution in [0, 0.1) is 0 Å². The summed E-state index contributed by atoms with van der Waals surface area (Å²) in [5.41, 5.74) is 2.16. The van der Waals surface area contributed by atoms with Gasteiger partial charge in [0.15, 0.2) is 5.16 Å². The van der Waals surface area contributed by atoms with Crippen molar-refractivity contribution in [3.8, 4) is 17.0 Å². The Hall–Kier alpha value is -3.06. The second-order valence-corrected chi connectivity index (χ2v) is 6.12. The fourth-order valence-electron chi connectivity index (χ4n) is 2.27. The van der Waals surface area contributed by atoms with Gasteiger partial charge in [-0.2, -0.15) is 4.98 Å². The predicted octanol–water partition coefficient (Wildman–Crippen LogP) is 2.87. The summed E-state index contributed by atoms with van der Waals surface area (Å²) in [4.78, 5) is 29.7. The van der Waals surface area contributed by atoms with Gasteiger partial charge in [0.2, 0.25) is 11.8 Å². The van der Waals surface area contributed by atoms with Crippen molar-refractivity contribution in [3.63, 3.8) is 0 Å². The van der Waals surface area contributed by atoms with Crippen LogP contribution in [-0.2, 0) is 4.79 Å². The van der Waals surface area contributed by atoms with Gasteiger partial charge >= 0.3 is 0 Å². The highest BCUT2D eigenvalue weighted by atomic mass is 32.2. The summed E-state index contributed by atoms with van der Waals surface area (Å²) in [5.74, 6) is -0.560. The number of carbonyl (C=O) groups is 1. The normalized spacial score (nSPS) is 10.4. The molecule has 1 aromatic heterocycles. The zero-order chi connectivity index (χ0) is 17.6. The number of anilines is 1. The van der Waals surface area contributed by atoms with Crippen LogP contribution in [0.1, 0.15) is 0 Å². The standard InChI is InChI=1S/C18H15N3O3S/c22-15-10-16(23)21-18(20-15)25-11-17(24)19-14-9-5-4-8-13(14)12-6-2-1-3-7-12/h1-10H,11H2,(H,19,24)(H2,20,21,22,23). The topological polar surface area (TPSA) is 95.1 Å². The van der Waals surface area contributed by atoms with E-state index in [0.29, 0.717) is 5.69 Å². The highest BCUT2D eigenvalue weighted by molar-refractivity contribution is 7.99. The number of nitrogens with one attached hydrogen (secondary N) is 2. The molecule has 0 unspecified atom stereocenters. The van der Waals surface area contributed by atoms with Gasteiger partial charge in [-0.25, -0.2) is 0 Å². The lowest BCUT2D eigenvalue weighted by molar-refractivity contribution is -0.113. The summed E-state index contributed by atoms with van der Waals surface area (Å²) in [6, 6.07) is 18.3. The van der Waals surface area contributed by atoms with Gasteiger partial charge in [0.1, 0.15) is 0 Å². The molecule has 0 atom stereocenters. The summed E-state index contributed by atoms with van der Waals surface area (Å²) in [6.45, 7) is 0. The van der Waals surface area contributed by atoms with Gasteiger partial charge in [-0.15, -0.1) is 0 Å². The summed E-state index contributed by atoms with van der Waals surface area (Å²) in [6.07, 6.45) is 0. The summed E-state index contributed by atoms with van der Waals surface area (Å²) in [5, 5.41) is 12.4. The van der Waals surface area contributed by atoms with Crippen molar-refractivity contribution in [2.45, 2.75) is 5.16 Å². The molecule has 3 N–H and O–H groups in total. The fourth-order valence-corrected chi connectivity index (χ4v) is 2.94. The third kappa shape index (κ3) is 4.48. The predicted molar refractivity (Wildman–Crippen MR) is 97.8 cm³/mol. The number of para-hydroxylation sites is 1. The average molecular weight is 353 g/mol. The van der Waals surface area contributed by atoms with Gasteiger partial charge in [0.25, 0.3) is 5.56 Å². The maximum absolute atomic E-state index is 12.2. The molecule has 0 radical (unpaired) electrons. The molecule has 25 heavy (non-hydrogen) atoms. The van der Waals surface area contributed by atoms with E-state index in [2.05, 4.69) is 15.3 Å². The molecule has 7 heteroatoms. The summed E-state index contributed by atoms with van der Waals surface area (Å²) >= 11 is 1.04. The monoisotopic (exact) mass is 353 g/mol. The molecule has 0 aliphatic carbocycles. The molecule has 3 rings (SSSR count). The first-order chi connectivity index (χ1) is 12.1. The molecule has 0 saturated carbocycles. The van der Waals surface area contributed by atoms with E-state index < -0.39 is 5.56 Å². The number of thioether (sulfide) groups is 1. The van der Waals surface area contributed by atoms with E-state index in [9.17, 15) is 14.7 Å². The first-order valence-corrected chi connectivity index (χ1v) is 8.48. The first-order valence-electron chi connectivity index (χ1n) is 7.49.